The van der Waals surface area contributed by atoms with Gasteiger partial charge in [-0.05, 0) is 28.2 Å². The summed E-state index contributed by atoms with van der Waals surface area (Å²) in [7, 11) is 14.9. The van der Waals surface area contributed by atoms with Gasteiger partial charge in [-0.25, -0.2) is 5.26 Å². The van der Waals surface area contributed by atoms with Crippen LogP contribution in [0.25, 0.3) is 0 Å². The number of thiocyanates is 1. The van der Waals surface area contributed by atoms with Crippen LogP contribution in [0.4, 0.5) is 0 Å². The largest absolute Gasteiger partial charge is 1.00 e. The van der Waals surface area contributed by atoms with Crippen molar-refractivity contribution in [3.8, 4) is 11.5 Å². The molecule has 0 rings (SSSR count). The van der Waals surface area contributed by atoms with Gasteiger partial charge in [-0.2, -0.15) is 5.26 Å². The summed E-state index contributed by atoms with van der Waals surface area (Å²) in [6.07, 6.45) is 0. The molecule has 0 heterocycles. The number of nitriles is 2. The van der Waals surface area contributed by atoms with Crippen LogP contribution in [0, 0.1) is 22.0 Å². The van der Waals surface area contributed by atoms with Crippen LogP contribution in [0.3, 0.4) is 0 Å². The van der Waals surface area contributed by atoms with Crippen molar-refractivity contribution >= 4 is 52.7 Å². The van der Waals surface area contributed by atoms with E-state index in [0.717, 1.165) is 5.29 Å². The molecule has 0 aromatic heterocycles. The summed E-state index contributed by atoms with van der Waals surface area (Å²) in [6, 6.07) is 1.75. The molecule has 0 aromatic rings. The fourth-order valence-corrected chi connectivity index (χ4v) is 0.800. The normalized spacial score (nSPS) is 7.56. The van der Waals surface area contributed by atoms with Gasteiger partial charge >= 0.3 is 64.4 Å². The van der Waals surface area contributed by atoms with E-state index >= 15 is 0 Å². The molecule has 0 amide bonds. The predicted molar refractivity (Wildman–Crippen MR) is 109 cm³/mol. The van der Waals surface area contributed by atoms with Crippen LogP contribution in [0.1, 0.15) is 14.4 Å². The fourth-order valence-electron chi connectivity index (χ4n) is 0.800. The van der Waals surface area contributed by atoms with Crippen molar-refractivity contribution in [1.29, 1.82) is 10.5 Å². The molecular formula is C14H31Cl4N6Na2S+. The SMILES string of the molecule is C.CC#N.CN(C)C(Cl)(Cl)N(C)C.CN(C)C(Cl)=[N+](C)C.N#C[S-].[Cl-].[Na+].[Na+]. The molecule has 27 heavy (non-hydrogen) atoms. The Balaban J connectivity index is -0.0000000310. The van der Waals surface area contributed by atoms with E-state index in [0.29, 0.717) is 0 Å². The quantitative estimate of drug-likeness (QED) is 0.0431. The first-order valence-electron chi connectivity index (χ1n) is 6.19. The van der Waals surface area contributed by atoms with Crippen LogP contribution in [-0.2, 0) is 12.6 Å². The van der Waals surface area contributed by atoms with Gasteiger partial charge in [0.05, 0.1) is 34.3 Å². The second kappa shape index (κ2) is 32.4. The first-order chi connectivity index (χ1) is 10.3. The maximum absolute atomic E-state index is 7.32. The number of halogens is 4. The molecule has 0 aliphatic carbocycles. The Hall–Kier alpha value is 1.75. The standard InChI is InChI=1S/C5H12Cl2N2.C5H12ClN2.C2H3N.CHNS.CH4.ClH.2Na/c1-8(2)5(6,7)9(3)4;1-7(2)5(6)8(3)4;1-2-3;2-1-3;;;;/h1-4H3;1-4H3;1H3;3H;1H4;1H;;/q;+1;;;;;2*+1/p-2. The van der Waals surface area contributed by atoms with Crippen LogP contribution >= 0.6 is 34.8 Å². The van der Waals surface area contributed by atoms with E-state index in [1.54, 1.807) is 15.9 Å². The van der Waals surface area contributed by atoms with Crippen molar-refractivity contribution in [1.82, 2.24) is 14.7 Å². The third kappa shape index (κ3) is 38.9. The molecule has 0 aliphatic heterocycles. The number of hydrogen-bond acceptors (Lipinski definition) is 5. The maximum atomic E-state index is 7.32. The Morgan fingerprint density at radius 1 is 0.963 bits per heavy atom. The summed E-state index contributed by atoms with van der Waals surface area (Å²) in [4.78, 5) is 5.29. The van der Waals surface area contributed by atoms with Crippen molar-refractivity contribution in [2.75, 3.05) is 56.4 Å². The van der Waals surface area contributed by atoms with E-state index in [1.165, 1.54) is 12.3 Å². The number of alkyl halides is 2. The zero-order chi connectivity index (χ0) is 19.8. The van der Waals surface area contributed by atoms with Crippen LogP contribution in [0.15, 0.2) is 0 Å². The van der Waals surface area contributed by atoms with Gasteiger partial charge in [0.25, 0.3) is 0 Å². The molecule has 0 N–H and O–H groups in total. The smallest absolute Gasteiger partial charge is 1.00 e. The molecule has 152 valence electrons. The minimum absolute atomic E-state index is 0. The van der Waals surface area contributed by atoms with Gasteiger partial charge in [0.15, 0.2) is 0 Å². The van der Waals surface area contributed by atoms with Gasteiger partial charge in [-0.3, -0.25) is 19.3 Å². The van der Waals surface area contributed by atoms with Crippen LogP contribution < -0.4 is 71.5 Å². The average Bonchev–Trinajstić information content (AvgIpc) is 2.39. The summed E-state index contributed by atoms with van der Waals surface area (Å²) in [5.41, 5.74) is 0. The zero-order valence-electron chi connectivity index (χ0n) is 17.6. The predicted octanol–water partition coefficient (Wildman–Crippen LogP) is -6.19. The van der Waals surface area contributed by atoms with Gasteiger partial charge < -0.3 is 25.0 Å². The molecule has 0 aliphatic rings. The molecular weight excluding hydrogens is 472 g/mol. The third-order valence-electron chi connectivity index (χ3n) is 1.81. The van der Waals surface area contributed by atoms with Gasteiger partial charge in [0.2, 0.25) is 4.58 Å². The van der Waals surface area contributed by atoms with Crippen LogP contribution in [0.5, 0.6) is 0 Å². The van der Waals surface area contributed by atoms with Crippen molar-refractivity contribution < 1.29 is 76.1 Å². The Morgan fingerprint density at radius 2 is 1.15 bits per heavy atom. The van der Waals surface area contributed by atoms with Gasteiger partial charge in [-0.1, -0.05) is 36.0 Å². The molecule has 0 aromatic carbocycles. The summed E-state index contributed by atoms with van der Waals surface area (Å²) in [6.45, 7) is 1.43. The first kappa shape index (κ1) is 51.4. The molecule has 0 bridgehead atoms. The molecule has 0 fully saturated rings. The number of amidine groups is 1. The second-order valence-electron chi connectivity index (χ2n) is 4.67. The summed E-state index contributed by atoms with van der Waals surface area (Å²) >= 11 is 21.1. The fraction of sp³-hybridized carbons (Fsp3) is 0.786. The molecule has 0 saturated carbocycles. The molecule has 0 unspecified atom stereocenters. The van der Waals surface area contributed by atoms with Crippen molar-refractivity contribution in [2.45, 2.75) is 18.9 Å². The molecule has 13 heteroatoms. The minimum atomic E-state index is -0.889. The summed E-state index contributed by atoms with van der Waals surface area (Å²) in [5.74, 6) is 0. The van der Waals surface area contributed by atoms with E-state index in [4.69, 9.17) is 45.3 Å². The van der Waals surface area contributed by atoms with E-state index in [1.807, 2.05) is 65.9 Å². The number of hydrogen-bond donors (Lipinski definition) is 0. The summed E-state index contributed by atoms with van der Waals surface area (Å²) in [5, 5.41) is 16.5. The molecule has 0 spiro atoms. The summed E-state index contributed by atoms with van der Waals surface area (Å²) < 4.78 is 0.960. The van der Waals surface area contributed by atoms with Gasteiger partial charge in [0.1, 0.15) is 0 Å². The Bertz CT molecular complexity index is 385. The molecule has 0 radical (unpaired) electrons. The zero-order valence-corrected chi connectivity index (χ0v) is 25.4. The Morgan fingerprint density at radius 3 is 1.15 bits per heavy atom. The van der Waals surface area contributed by atoms with Gasteiger partial charge in [-0.15, -0.1) is 0 Å². The maximum Gasteiger partial charge on any atom is 1.00 e. The third-order valence-corrected chi connectivity index (χ3v) is 3.84. The average molecular weight is 503 g/mol. The van der Waals surface area contributed by atoms with Crippen molar-refractivity contribution in [3.05, 3.63) is 0 Å². The van der Waals surface area contributed by atoms with Crippen molar-refractivity contribution in [2.24, 2.45) is 0 Å². The number of nitrogens with zero attached hydrogens (tertiary/aromatic N) is 6. The van der Waals surface area contributed by atoms with E-state index < -0.39 is 4.58 Å². The van der Waals surface area contributed by atoms with E-state index in [9.17, 15) is 0 Å². The van der Waals surface area contributed by atoms with Crippen LogP contribution in [-0.4, -0.2) is 85.5 Å². The first-order valence-corrected chi connectivity index (χ1v) is 7.73. The molecule has 0 saturated heterocycles. The monoisotopic (exact) mass is 501 g/mol. The second-order valence-corrected chi connectivity index (χ2v) is 6.44. The Labute approximate surface area is 238 Å². The molecule has 6 nitrogen and oxygen atoms in total. The van der Waals surface area contributed by atoms with E-state index in [2.05, 4.69) is 12.6 Å². The van der Waals surface area contributed by atoms with Crippen molar-refractivity contribution in [3.63, 3.8) is 0 Å². The Kier molecular flexibility index (Phi) is 61.7. The number of rotatable bonds is 2. The molecule has 0 atom stereocenters. The van der Waals surface area contributed by atoms with Crippen LogP contribution in [0.2, 0.25) is 0 Å². The van der Waals surface area contributed by atoms with Gasteiger partial charge in [0, 0.05) is 18.5 Å². The van der Waals surface area contributed by atoms with E-state index in [-0.39, 0.29) is 78.9 Å². The minimum Gasteiger partial charge on any atom is -1.00 e. The topological polar surface area (TPSA) is 60.3 Å².